The minimum absolute atomic E-state index is 0.127. The van der Waals surface area contributed by atoms with E-state index in [0.717, 1.165) is 16.0 Å². The van der Waals surface area contributed by atoms with Crippen LogP contribution in [0.3, 0.4) is 0 Å². The zero-order chi connectivity index (χ0) is 18.4. The molecule has 2 rings (SSSR count). The average molecular weight is 359 g/mol. The highest BCUT2D eigenvalue weighted by Gasteiger charge is 2.22. The molecule has 0 spiro atoms. The number of hydrogen-bond donors (Lipinski definition) is 2. The van der Waals surface area contributed by atoms with Gasteiger partial charge in [-0.2, -0.15) is 0 Å². The van der Waals surface area contributed by atoms with Gasteiger partial charge in [0.15, 0.2) is 6.04 Å². The van der Waals surface area contributed by atoms with E-state index in [1.807, 2.05) is 44.2 Å². The number of carboxylic acid groups (broad SMARTS) is 1. The molecule has 25 heavy (non-hydrogen) atoms. The summed E-state index contributed by atoms with van der Waals surface area (Å²) in [4.78, 5) is 24.7. The standard InChI is InChI=1S/C19H21NO4S/c1-12-7-13(2)9-14(8-12)18(19(22)23)20-17(21)11-25-16-6-4-5-15(10-16)24-3/h4-10,18H,11H2,1-3H3,(H,20,21)(H,22,23). The molecule has 0 bridgehead atoms. The van der Waals surface area contributed by atoms with Gasteiger partial charge >= 0.3 is 5.97 Å². The lowest BCUT2D eigenvalue weighted by Crippen LogP contribution is -2.34. The molecule has 0 radical (unpaired) electrons. The lowest BCUT2D eigenvalue weighted by atomic mass is 10.0. The quantitative estimate of drug-likeness (QED) is 0.742. The molecular weight excluding hydrogens is 338 g/mol. The van der Waals surface area contributed by atoms with Crippen LogP contribution in [0.15, 0.2) is 47.4 Å². The van der Waals surface area contributed by atoms with Crippen molar-refractivity contribution in [2.24, 2.45) is 0 Å². The maximum atomic E-state index is 12.2. The molecule has 0 aliphatic heterocycles. The first-order valence-corrected chi connectivity index (χ1v) is 8.75. The molecule has 0 saturated carbocycles. The number of nitrogens with one attached hydrogen (secondary N) is 1. The van der Waals surface area contributed by atoms with E-state index in [4.69, 9.17) is 4.74 Å². The highest BCUT2D eigenvalue weighted by Crippen LogP contribution is 2.23. The summed E-state index contributed by atoms with van der Waals surface area (Å²) in [6.07, 6.45) is 0. The van der Waals surface area contributed by atoms with Crippen molar-refractivity contribution in [3.8, 4) is 5.75 Å². The zero-order valence-electron chi connectivity index (χ0n) is 14.4. The number of amides is 1. The summed E-state index contributed by atoms with van der Waals surface area (Å²) >= 11 is 1.33. The number of thioether (sulfide) groups is 1. The molecule has 2 aromatic carbocycles. The van der Waals surface area contributed by atoms with Crippen molar-refractivity contribution >= 4 is 23.6 Å². The first-order chi connectivity index (χ1) is 11.9. The van der Waals surface area contributed by atoms with Crippen LogP contribution in [0.5, 0.6) is 5.75 Å². The first-order valence-electron chi connectivity index (χ1n) is 7.76. The van der Waals surface area contributed by atoms with Crippen molar-refractivity contribution in [3.63, 3.8) is 0 Å². The van der Waals surface area contributed by atoms with E-state index in [9.17, 15) is 14.7 Å². The third-order valence-electron chi connectivity index (χ3n) is 3.54. The third kappa shape index (κ3) is 5.53. The molecule has 5 nitrogen and oxygen atoms in total. The van der Waals surface area contributed by atoms with Gasteiger partial charge < -0.3 is 15.2 Å². The van der Waals surface area contributed by atoms with Crippen LogP contribution in [0.4, 0.5) is 0 Å². The van der Waals surface area contributed by atoms with E-state index in [1.165, 1.54) is 11.8 Å². The second kappa shape index (κ2) is 8.58. The van der Waals surface area contributed by atoms with Gasteiger partial charge in [0.25, 0.3) is 0 Å². The van der Waals surface area contributed by atoms with Crippen molar-refractivity contribution in [2.45, 2.75) is 24.8 Å². The topological polar surface area (TPSA) is 75.6 Å². The van der Waals surface area contributed by atoms with Crippen molar-refractivity contribution in [3.05, 3.63) is 59.2 Å². The number of carboxylic acids is 1. The predicted octanol–water partition coefficient (Wildman–Crippen LogP) is 3.35. The van der Waals surface area contributed by atoms with Crippen LogP contribution >= 0.6 is 11.8 Å². The van der Waals surface area contributed by atoms with Crippen LogP contribution in [0.2, 0.25) is 0 Å². The molecule has 0 aliphatic carbocycles. The fourth-order valence-corrected chi connectivity index (χ4v) is 3.26. The van der Waals surface area contributed by atoms with Gasteiger partial charge in [0.2, 0.25) is 5.91 Å². The number of methoxy groups -OCH3 is 1. The van der Waals surface area contributed by atoms with E-state index < -0.39 is 12.0 Å². The van der Waals surface area contributed by atoms with Crippen LogP contribution in [-0.4, -0.2) is 29.8 Å². The molecule has 2 aromatic rings. The minimum Gasteiger partial charge on any atom is -0.497 e. The maximum Gasteiger partial charge on any atom is 0.330 e. The Labute approximate surface area is 151 Å². The molecule has 0 saturated heterocycles. The van der Waals surface area contributed by atoms with E-state index >= 15 is 0 Å². The van der Waals surface area contributed by atoms with Gasteiger partial charge in [-0.05, 0) is 37.6 Å². The Hall–Kier alpha value is -2.47. The number of ether oxygens (including phenoxy) is 1. The second-order valence-corrected chi connectivity index (χ2v) is 6.78. The van der Waals surface area contributed by atoms with Crippen LogP contribution in [0.25, 0.3) is 0 Å². The molecular formula is C19H21NO4S. The fourth-order valence-electron chi connectivity index (χ4n) is 2.51. The predicted molar refractivity (Wildman–Crippen MR) is 98.2 cm³/mol. The molecule has 2 N–H and O–H groups in total. The van der Waals surface area contributed by atoms with Crippen LogP contribution in [0, 0.1) is 13.8 Å². The van der Waals surface area contributed by atoms with E-state index in [-0.39, 0.29) is 11.7 Å². The first kappa shape index (κ1) is 18.9. The summed E-state index contributed by atoms with van der Waals surface area (Å²) in [5, 5.41) is 12.1. The van der Waals surface area contributed by atoms with E-state index in [2.05, 4.69) is 5.32 Å². The van der Waals surface area contributed by atoms with Gasteiger partial charge in [0.1, 0.15) is 5.75 Å². The Kier molecular flexibility index (Phi) is 6.47. The SMILES string of the molecule is COc1cccc(SCC(=O)NC(C(=O)O)c2cc(C)cc(C)c2)c1. The molecule has 0 aliphatic rings. The van der Waals surface area contributed by atoms with Gasteiger partial charge in [0.05, 0.1) is 12.9 Å². The van der Waals surface area contributed by atoms with Crippen molar-refractivity contribution in [1.29, 1.82) is 0 Å². The summed E-state index contributed by atoms with van der Waals surface area (Å²) in [5.74, 6) is -0.574. The van der Waals surface area contributed by atoms with E-state index in [0.29, 0.717) is 11.3 Å². The largest absolute Gasteiger partial charge is 0.497 e. The normalized spacial score (nSPS) is 11.6. The number of carbonyl (C=O) groups is 2. The number of rotatable bonds is 7. The summed E-state index contributed by atoms with van der Waals surface area (Å²) in [6, 6.07) is 11.8. The lowest BCUT2D eigenvalue weighted by molar-refractivity contribution is -0.141. The highest BCUT2D eigenvalue weighted by molar-refractivity contribution is 8.00. The molecule has 1 atom stereocenters. The number of aliphatic carboxylic acids is 1. The number of hydrogen-bond acceptors (Lipinski definition) is 4. The molecule has 6 heteroatoms. The fraction of sp³-hybridized carbons (Fsp3) is 0.263. The summed E-state index contributed by atoms with van der Waals surface area (Å²) in [7, 11) is 1.58. The number of aryl methyl sites for hydroxylation is 2. The number of benzene rings is 2. The average Bonchev–Trinajstić information content (AvgIpc) is 2.56. The van der Waals surface area contributed by atoms with Crippen molar-refractivity contribution in [1.82, 2.24) is 5.32 Å². The molecule has 132 valence electrons. The monoisotopic (exact) mass is 359 g/mol. The summed E-state index contributed by atoms with van der Waals surface area (Å²) in [6.45, 7) is 3.80. The van der Waals surface area contributed by atoms with E-state index in [1.54, 1.807) is 19.2 Å². The smallest absolute Gasteiger partial charge is 0.330 e. The Morgan fingerprint density at radius 1 is 1.16 bits per heavy atom. The lowest BCUT2D eigenvalue weighted by Gasteiger charge is -2.16. The van der Waals surface area contributed by atoms with Gasteiger partial charge in [0, 0.05) is 4.90 Å². The van der Waals surface area contributed by atoms with Crippen LogP contribution in [-0.2, 0) is 9.59 Å². The van der Waals surface area contributed by atoms with Crippen LogP contribution in [0.1, 0.15) is 22.7 Å². The molecule has 1 unspecified atom stereocenters. The molecule has 0 fully saturated rings. The second-order valence-electron chi connectivity index (χ2n) is 5.73. The van der Waals surface area contributed by atoms with Gasteiger partial charge in [-0.1, -0.05) is 35.4 Å². The summed E-state index contributed by atoms with van der Waals surface area (Å²) in [5.41, 5.74) is 2.49. The van der Waals surface area contributed by atoms with Crippen molar-refractivity contribution < 1.29 is 19.4 Å². The Morgan fingerprint density at radius 2 is 1.84 bits per heavy atom. The Balaban J connectivity index is 2.04. The molecule has 0 aromatic heterocycles. The molecule has 1 amide bonds. The van der Waals surface area contributed by atoms with Gasteiger partial charge in [-0.15, -0.1) is 11.8 Å². The Bertz CT molecular complexity index is 756. The highest BCUT2D eigenvalue weighted by atomic mass is 32.2. The minimum atomic E-state index is -1.08. The van der Waals surface area contributed by atoms with Gasteiger partial charge in [-0.25, -0.2) is 4.79 Å². The van der Waals surface area contributed by atoms with Gasteiger partial charge in [-0.3, -0.25) is 4.79 Å². The van der Waals surface area contributed by atoms with Crippen LogP contribution < -0.4 is 10.1 Å². The summed E-state index contributed by atoms with van der Waals surface area (Å²) < 4.78 is 5.15. The number of carbonyl (C=O) groups excluding carboxylic acids is 1. The molecule has 0 heterocycles. The third-order valence-corrected chi connectivity index (χ3v) is 4.53. The Morgan fingerprint density at radius 3 is 2.44 bits per heavy atom. The van der Waals surface area contributed by atoms with Crippen molar-refractivity contribution in [2.75, 3.05) is 12.9 Å². The maximum absolute atomic E-state index is 12.2. The zero-order valence-corrected chi connectivity index (χ0v) is 15.2.